The van der Waals surface area contributed by atoms with Crippen LogP contribution in [-0.2, 0) is 4.79 Å². The molecule has 29 heavy (non-hydrogen) atoms. The van der Waals surface area contributed by atoms with Gasteiger partial charge in [0.05, 0.1) is 0 Å². The molecule has 0 saturated carbocycles. The molecule has 0 atom stereocenters. The van der Waals surface area contributed by atoms with Gasteiger partial charge in [0.15, 0.2) is 0 Å². The molecule has 1 aromatic rings. The summed E-state index contributed by atoms with van der Waals surface area (Å²) in [5, 5.41) is 6.04. The molecular formula is C23H36N4O2. The molecule has 2 N–H and O–H groups in total. The summed E-state index contributed by atoms with van der Waals surface area (Å²) < 4.78 is 0. The van der Waals surface area contributed by atoms with Crippen molar-refractivity contribution < 1.29 is 9.59 Å². The van der Waals surface area contributed by atoms with Gasteiger partial charge in [0.2, 0.25) is 5.91 Å². The maximum absolute atomic E-state index is 12.4. The molecule has 2 aliphatic rings. The molecule has 1 aromatic carbocycles. The number of benzene rings is 1. The minimum atomic E-state index is -0.0468. The summed E-state index contributed by atoms with van der Waals surface area (Å²) in [5.74, 6) is 0.534. The monoisotopic (exact) mass is 400 g/mol. The molecule has 0 aromatic heterocycles. The quantitative estimate of drug-likeness (QED) is 0.687. The Morgan fingerprint density at radius 2 is 1.69 bits per heavy atom. The van der Waals surface area contributed by atoms with Crippen molar-refractivity contribution >= 4 is 17.6 Å². The van der Waals surface area contributed by atoms with Crippen LogP contribution in [0.4, 0.5) is 10.5 Å². The average Bonchev–Trinajstić information content (AvgIpc) is 2.74. The van der Waals surface area contributed by atoms with Crippen LogP contribution < -0.4 is 10.6 Å². The summed E-state index contributed by atoms with van der Waals surface area (Å²) >= 11 is 0. The summed E-state index contributed by atoms with van der Waals surface area (Å²) in [6.07, 6.45) is 7.38. The van der Waals surface area contributed by atoms with Crippen LogP contribution in [0, 0.1) is 12.8 Å². The minimum absolute atomic E-state index is 0.0468. The number of urea groups is 1. The molecule has 2 aliphatic heterocycles. The maximum Gasteiger partial charge on any atom is 0.321 e. The summed E-state index contributed by atoms with van der Waals surface area (Å²) in [6, 6.07) is 7.79. The molecule has 0 spiro atoms. The van der Waals surface area contributed by atoms with E-state index >= 15 is 0 Å². The van der Waals surface area contributed by atoms with Gasteiger partial charge in [0.1, 0.15) is 0 Å². The van der Waals surface area contributed by atoms with Crippen molar-refractivity contribution in [1.82, 2.24) is 15.1 Å². The highest BCUT2D eigenvalue weighted by Gasteiger charge is 2.24. The molecule has 0 unspecified atom stereocenters. The number of rotatable bonds is 7. The number of nitrogens with zero attached hydrogens (tertiary/aromatic N) is 2. The Kier molecular flexibility index (Phi) is 8.35. The lowest BCUT2D eigenvalue weighted by Gasteiger charge is -2.31. The molecule has 6 nitrogen and oxygen atoms in total. The second kappa shape index (κ2) is 11.2. The maximum atomic E-state index is 12.4. The van der Waals surface area contributed by atoms with E-state index in [9.17, 15) is 9.59 Å². The standard InChI is InChI=1S/C23H36N4O2/c1-19-6-8-21(9-7-19)25-23(29)27-16-10-20(11-17-27)18-22(28)24-12-5-15-26-13-3-2-4-14-26/h6-9,20H,2-5,10-18H2,1H3,(H,24,28)(H,25,29). The lowest BCUT2D eigenvalue weighted by atomic mass is 9.93. The third-order valence-electron chi connectivity index (χ3n) is 6.10. The molecule has 2 fully saturated rings. The van der Waals surface area contributed by atoms with Crippen molar-refractivity contribution in [1.29, 1.82) is 0 Å². The van der Waals surface area contributed by atoms with E-state index in [0.29, 0.717) is 25.4 Å². The van der Waals surface area contributed by atoms with Gasteiger partial charge < -0.3 is 20.4 Å². The van der Waals surface area contributed by atoms with Gasteiger partial charge >= 0.3 is 6.03 Å². The first-order chi connectivity index (χ1) is 14.1. The normalized spacial score (nSPS) is 18.4. The first kappa shape index (κ1) is 21.6. The molecule has 0 aliphatic carbocycles. The Balaban J connectivity index is 1.28. The van der Waals surface area contributed by atoms with Gasteiger partial charge in [0.25, 0.3) is 0 Å². The molecule has 6 heteroatoms. The smallest absolute Gasteiger partial charge is 0.321 e. The second-order valence-electron chi connectivity index (χ2n) is 8.54. The molecule has 160 valence electrons. The molecule has 2 heterocycles. The van der Waals surface area contributed by atoms with Crippen LogP contribution in [0.25, 0.3) is 0 Å². The van der Waals surface area contributed by atoms with Crippen molar-refractivity contribution in [3.63, 3.8) is 0 Å². The van der Waals surface area contributed by atoms with E-state index in [4.69, 9.17) is 0 Å². The van der Waals surface area contributed by atoms with E-state index in [1.165, 1.54) is 37.9 Å². The van der Waals surface area contributed by atoms with E-state index < -0.39 is 0 Å². The number of anilines is 1. The zero-order valence-electron chi connectivity index (χ0n) is 17.8. The Morgan fingerprint density at radius 3 is 2.38 bits per heavy atom. The van der Waals surface area contributed by atoms with E-state index in [2.05, 4.69) is 15.5 Å². The zero-order valence-corrected chi connectivity index (χ0v) is 17.8. The Bertz CT molecular complexity index is 647. The molecule has 0 radical (unpaired) electrons. The molecule has 0 bridgehead atoms. The Morgan fingerprint density at radius 1 is 1.00 bits per heavy atom. The number of hydrogen-bond donors (Lipinski definition) is 2. The van der Waals surface area contributed by atoms with E-state index in [-0.39, 0.29) is 11.9 Å². The van der Waals surface area contributed by atoms with Gasteiger partial charge in [-0.1, -0.05) is 24.1 Å². The second-order valence-corrected chi connectivity index (χ2v) is 8.54. The summed E-state index contributed by atoms with van der Waals surface area (Å²) in [5.41, 5.74) is 2.00. The van der Waals surface area contributed by atoms with Crippen molar-refractivity contribution in [3.05, 3.63) is 29.8 Å². The van der Waals surface area contributed by atoms with Gasteiger partial charge in [0, 0.05) is 31.7 Å². The number of nitrogens with one attached hydrogen (secondary N) is 2. The van der Waals surface area contributed by atoms with Crippen molar-refractivity contribution in [2.45, 2.75) is 51.9 Å². The fraction of sp³-hybridized carbons (Fsp3) is 0.652. The third kappa shape index (κ3) is 7.35. The van der Waals surface area contributed by atoms with Crippen LogP contribution in [0.5, 0.6) is 0 Å². The highest BCUT2D eigenvalue weighted by molar-refractivity contribution is 5.89. The van der Waals surface area contributed by atoms with Crippen molar-refractivity contribution in [2.24, 2.45) is 5.92 Å². The molecule has 2 saturated heterocycles. The number of hydrogen-bond acceptors (Lipinski definition) is 3. The predicted octanol–water partition coefficient (Wildman–Crippen LogP) is 3.62. The number of likely N-dealkylation sites (tertiary alicyclic amines) is 2. The number of piperidine rings is 2. The third-order valence-corrected chi connectivity index (χ3v) is 6.10. The summed E-state index contributed by atoms with van der Waals surface area (Å²) in [7, 11) is 0. The SMILES string of the molecule is Cc1ccc(NC(=O)N2CCC(CC(=O)NCCCN3CCCCC3)CC2)cc1. The fourth-order valence-electron chi connectivity index (χ4n) is 4.23. The van der Waals surface area contributed by atoms with Crippen LogP contribution in [0.2, 0.25) is 0 Å². The number of aryl methyl sites for hydroxylation is 1. The number of carbonyl (C=O) groups is 2. The van der Waals surface area contributed by atoms with Gasteiger partial charge in [-0.3, -0.25) is 4.79 Å². The lowest BCUT2D eigenvalue weighted by Crippen LogP contribution is -2.42. The van der Waals surface area contributed by atoms with Crippen LogP contribution in [0.15, 0.2) is 24.3 Å². The first-order valence-electron chi connectivity index (χ1n) is 11.2. The number of amides is 3. The largest absolute Gasteiger partial charge is 0.356 e. The topological polar surface area (TPSA) is 64.7 Å². The van der Waals surface area contributed by atoms with Crippen LogP contribution in [-0.4, -0.2) is 61.0 Å². The lowest BCUT2D eigenvalue weighted by molar-refractivity contribution is -0.122. The van der Waals surface area contributed by atoms with E-state index in [1.807, 2.05) is 36.1 Å². The highest BCUT2D eigenvalue weighted by Crippen LogP contribution is 2.21. The molecular weight excluding hydrogens is 364 g/mol. The van der Waals surface area contributed by atoms with Crippen molar-refractivity contribution in [2.75, 3.05) is 44.6 Å². The summed E-state index contributed by atoms with van der Waals surface area (Å²) in [4.78, 5) is 29.0. The zero-order chi connectivity index (χ0) is 20.5. The van der Waals surface area contributed by atoms with Crippen molar-refractivity contribution in [3.8, 4) is 0 Å². The Hall–Kier alpha value is -2.08. The van der Waals surface area contributed by atoms with E-state index in [0.717, 1.165) is 38.0 Å². The number of carbonyl (C=O) groups excluding carboxylic acids is 2. The predicted molar refractivity (Wildman–Crippen MR) is 117 cm³/mol. The molecule has 3 amide bonds. The van der Waals surface area contributed by atoms with Crippen LogP contribution >= 0.6 is 0 Å². The first-order valence-corrected chi connectivity index (χ1v) is 11.2. The fourth-order valence-corrected chi connectivity index (χ4v) is 4.23. The van der Waals surface area contributed by atoms with Gasteiger partial charge in [-0.25, -0.2) is 4.79 Å². The van der Waals surface area contributed by atoms with E-state index in [1.54, 1.807) is 0 Å². The minimum Gasteiger partial charge on any atom is -0.356 e. The highest BCUT2D eigenvalue weighted by atomic mass is 16.2. The van der Waals surface area contributed by atoms with Gasteiger partial charge in [-0.2, -0.15) is 0 Å². The summed E-state index contributed by atoms with van der Waals surface area (Å²) in [6.45, 7) is 7.74. The van der Waals surface area contributed by atoms with Crippen LogP contribution in [0.1, 0.15) is 50.5 Å². The molecule has 3 rings (SSSR count). The van der Waals surface area contributed by atoms with Crippen LogP contribution in [0.3, 0.4) is 0 Å². The van der Waals surface area contributed by atoms with Gasteiger partial charge in [-0.05, 0) is 76.7 Å². The average molecular weight is 401 g/mol. The Labute approximate surface area is 175 Å². The van der Waals surface area contributed by atoms with Gasteiger partial charge in [-0.15, -0.1) is 0 Å².